The highest BCUT2D eigenvalue weighted by molar-refractivity contribution is 9.10. The Morgan fingerprint density at radius 3 is 3.06 bits per heavy atom. The van der Waals surface area contributed by atoms with Gasteiger partial charge in [0.15, 0.2) is 0 Å². The Kier molecular flexibility index (Phi) is 5.15. The number of ether oxygens (including phenoxy) is 1. The van der Waals surface area contributed by atoms with Crippen molar-refractivity contribution >= 4 is 15.9 Å². The summed E-state index contributed by atoms with van der Waals surface area (Å²) in [5.41, 5.74) is 0.775. The first-order valence-electron chi connectivity index (χ1n) is 6.45. The second-order valence-electron chi connectivity index (χ2n) is 4.73. The van der Waals surface area contributed by atoms with E-state index in [0.717, 1.165) is 36.0 Å². The summed E-state index contributed by atoms with van der Waals surface area (Å²) in [5, 5.41) is 3.47. The van der Waals surface area contributed by atoms with Crippen LogP contribution in [0, 0.1) is 11.7 Å². The van der Waals surface area contributed by atoms with Crippen molar-refractivity contribution in [3.8, 4) is 0 Å². The van der Waals surface area contributed by atoms with Crippen LogP contribution >= 0.6 is 15.9 Å². The molecule has 2 unspecified atom stereocenters. The lowest BCUT2D eigenvalue weighted by Gasteiger charge is -2.32. The van der Waals surface area contributed by atoms with E-state index in [9.17, 15) is 4.39 Å². The number of hydrogen-bond donors (Lipinski definition) is 1. The van der Waals surface area contributed by atoms with Gasteiger partial charge in [0.05, 0.1) is 6.61 Å². The molecule has 2 atom stereocenters. The van der Waals surface area contributed by atoms with Crippen LogP contribution in [0.3, 0.4) is 0 Å². The molecule has 2 rings (SSSR count). The molecule has 1 fully saturated rings. The summed E-state index contributed by atoms with van der Waals surface area (Å²) in [6, 6.07) is 5.72. The van der Waals surface area contributed by atoms with Gasteiger partial charge in [-0.05, 0) is 37.1 Å². The quantitative estimate of drug-likeness (QED) is 0.921. The number of rotatable bonds is 4. The molecule has 0 amide bonds. The number of nitrogens with one attached hydrogen (secondary N) is 1. The Morgan fingerprint density at radius 1 is 1.50 bits per heavy atom. The average molecular weight is 316 g/mol. The molecule has 0 radical (unpaired) electrons. The van der Waals surface area contributed by atoms with Gasteiger partial charge in [-0.25, -0.2) is 4.39 Å². The zero-order valence-corrected chi connectivity index (χ0v) is 12.2. The van der Waals surface area contributed by atoms with Crippen LogP contribution in [-0.2, 0) is 11.2 Å². The van der Waals surface area contributed by atoms with E-state index in [1.54, 1.807) is 0 Å². The Bertz CT molecular complexity index is 397. The highest BCUT2D eigenvalue weighted by Crippen LogP contribution is 2.23. The molecule has 0 saturated carbocycles. The van der Waals surface area contributed by atoms with Gasteiger partial charge in [-0.15, -0.1) is 0 Å². The van der Waals surface area contributed by atoms with Crippen LogP contribution in [0.1, 0.15) is 18.9 Å². The van der Waals surface area contributed by atoms with E-state index in [0.29, 0.717) is 18.6 Å². The Hall–Kier alpha value is -0.450. The third-order valence-corrected chi connectivity index (χ3v) is 3.93. The van der Waals surface area contributed by atoms with E-state index in [2.05, 4.69) is 28.2 Å². The molecule has 1 aromatic rings. The van der Waals surface area contributed by atoms with Gasteiger partial charge in [0.2, 0.25) is 0 Å². The molecular formula is C14H19BrFNO. The van der Waals surface area contributed by atoms with Crippen molar-refractivity contribution in [2.45, 2.75) is 25.8 Å². The van der Waals surface area contributed by atoms with Crippen molar-refractivity contribution in [1.82, 2.24) is 5.32 Å². The SMILES string of the molecule is CCNC1CCOCC1Cc1ccc(Br)cc1F. The zero-order valence-electron chi connectivity index (χ0n) is 10.6. The van der Waals surface area contributed by atoms with E-state index >= 15 is 0 Å². The molecule has 18 heavy (non-hydrogen) atoms. The van der Waals surface area contributed by atoms with Gasteiger partial charge in [-0.2, -0.15) is 0 Å². The number of hydrogen-bond acceptors (Lipinski definition) is 2. The fourth-order valence-electron chi connectivity index (χ4n) is 2.50. The smallest absolute Gasteiger partial charge is 0.127 e. The van der Waals surface area contributed by atoms with Crippen LogP contribution in [0.25, 0.3) is 0 Å². The van der Waals surface area contributed by atoms with Gasteiger partial charge < -0.3 is 10.1 Å². The highest BCUT2D eigenvalue weighted by Gasteiger charge is 2.25. The van der Waals surface area contributed by atoms with Crippen molar-refractivity contribution in [2.24, 2.45) is 5.92 Å². The summed E-state index contributed by atoms with van der Waals surface area (Å²) in [7, 11) is 0. The monoisotopic (exact) mass is 315 g/mol. The van der Waals surface area contributed by atoms with E-state index in [1.807, 2.05) is 12.1 Å². The summed E-state index contributed by atoms with van der Waals surface area (Å²) < 4.78 is 20.1. The second kappa shape index (κ2) is 6.64. The molecule has 0 aromatic heterocycles. The molecule has 4 heteroatoms. The first-order valence-corrected chi connectivity index (χ1v) is 7.25. The normalized spacial score (nSPS) is 24.2. The van der Waals surface area contributed by atoms with Gasteiger partial charge in [-0.3, -0.25) is 0 Å². The first kappa shape index (κ1) is 14.0. The molecule has 1 N–H and O–H groups in total. The lowest BCUT2D eigenvalue weighted by molar-refractivity contribution is 0.0324. The zero-order chi connectivity index (χ0) is 13.0. The fourth-order valence-corrected chi connectivity index (χ4v) is 2.83. The molecule has 1 aliphatic heterocycles. The third kappa shape index (κ3) is 3.53. The van der Waals surface area contributed by atoms with Crippen LogP contribution in [0.5, 0.6) is 0 Å². The first-order chi connectivity index (χ1) is 8.70. The predicted octanol–water partition coefficient (Wildman–Crippen LogP) is 3.15. The average Bonchev–Trinajstić information content (AvgIpc) is 2.35. The molecule has 1 saturated heterocycles. The van der Waals surface area contributed by atoms with Gasteiger partial charge in [-0.1, -0.05) is 28.9 Å². The fraction of sp³-hybridized carbons (Fsp3) is 0.571. The van der Waals surface area contributed by atoms with Crippen LogP contribution in [0.4, 0.5) is 4.39 Å². The maximum atomic E-state index is 13.8. The molecule has 0 bridgehead atoms. The van der Waals surface area contributed by atoms with Gasteiger partial charge in [0, 0.05) is 23.0 Å². The molecule has 1 aliphatic rings. The Balaban J connectivity index is 2.06. The van der Waals surface area contributed by atoms with Crippen molar-refractivity contribution in [3.05, 3.63) is 34.1 Å². The topological polar surface area (TPSA) is 21.3 Å². The molecular weight excluding hydrogens is 297 g/mol. The maximum Gasteiger partial charge on any atom is 0.127 e. The summed E-state index contributed by atoms with van der Waals surface area (Å²) in [5.74, 6) is 0.222. The Labute approximate surface area is 116 Å². The third-order valence-electron chi connectivity index (χ3n) is 3.44. The molecule has 1 heterocycles. The number of halogens is 2. The van der Waals surface area contributed by atoms with E-state index < -0.39 is 0 Å². The molecule has 0 spiro atoms. The molecule has 100 valence electrons. The Morgan fingerprint density at radius 2 is 2.33 bits per heavy atom. The number of benzene rings is 1. The lowest BCUT2D eigenvalue weighted by atomic mass is 9.89. The second-order valence-corrected chi connectivity index (χ2v) is 5.64. The van der Waals surface area contributed by atoms with Crippen molar-refractivity contribution in [1.29, 1.82) is 0 Å². The summed E-state index contributed by atoms with van der Waals surface area (Å²) in [6.07, 6.45) is 1.74. The minimum absolute atomic E-state index is 0.134. The minimum Gasteiger partial charge on any atom is -0.381 e. The highest BCUT2D eigenvalue weighted by atomic mass is 79.9. The predicted molar refractivity (Wildman–Crippen MR) is 74.2 cm³/mol. The van der Waals surface area contributed by atoms with Gasteiger partial charge >= 0.3 is 0 Å². The molecule has 0 aliphatic carbocycles. The van der Waals surface area contributed by atoms with Crippen LogP contribution < -0.4 is 5.32 Å². The van der Waals surface area contributed by atoms with E-state index in [-0.39, 0.29) is 5.82 Å². The van der Waals surface area contributed by atoms with Crippen molar-refractivity contribution in [2.75, 3.05) is 19.8 Å². The minimum atomic E-state index is -0.134. The molecule has 1 aromatic carbocycles. The summed E-state index contributed by atoms with van der Waals surface area (Å²) in [4.78, 5) is 0. The van der Waals surface area contributed by atoms with E-state index in [1.165, 1.54) is 6.07 Å². The largest absolute Gasteiger partial charge is 0.381 e. The standard InChI is InChI=1S/C14H19BrFNO/c1-2-17-14-5-6-18-9-11(14)7-10-3-4-12(15)8-13(10)16/h3-4,8,11,14,17H,2,5-7,9H2,1H3. The van der Waals surface area contributed by atoms with Crippen LogP contribution in [-0.4, -0.2) is 25.8 Å². The van der Waals surface area contributed by atoms with Gasteiger partial charge in [0.1, 0.15) is 5.82 Å². The summed E-state index contributed by atoms with van der Waals surface area (Å²) >= 11 is 3.28. The van der Waals surface area contributed by atoms with Gasteiger partial charge in [0.25, 0.3) is 0 Å². The van der Waals surface area contributed by atoms with Crippen molar-refractivity contribution in [3.63, 3.8) is 0 Å². The molecule has 2 nitrogen and oxygen atoms in total. The van der Waals surface area contributed by atoms with E-state index in [4.69, 9.17) is 4.74 Å². The van der Waals surface area contributed by atoms with Crippen molar-refractivity contribution < 1.29 is 9.13 Å². The maximum absolute atomic E-state index is 13.8. The summed E-state index contributed by atoms with van der Waals surface area (Å²) in [6.45, 7) is 4.57. The van der Waals surface area contributed by atoms with Crippen LogP contribution in [0.2, 0.25) is 0 Å². The lowest BCUT2D eigenvalue weighted by Crippen LogP contribution is -2.43. The van der Waals surface area contributed by atoms with Crippen LogP contribution in [0.15, 0.2) is 22.7 Å².